The van der Waals surface area contributed by atoms with Gasteiger partial charge in [-0.25, -0.2) is 0 Å². The standard InChI is InChI=1S/C58H112O6/c1-6-8-9-10-11-26-35-40-45-50-58(61)64-55(52-63-57(60)49-44-39-34-30-25-21-20-22-27-31-36-41-46-53(3)4)51-62-56(59)48-43-38-33-29-24-19-17-15-13-12-14-16-18-23-28-32-37-42-47-54(5)7-2/h53-55H,6-52H2,1-5H3/t54?,55-/m0/s1. The molecule has 64 heavy (non-hydrogen) atoms. The molecule has 380 valence electrons. The van der Waals surface area contributed by atoms with Gasteiger partial charge < -0.3 is 14.2 Å². The summed E-state index contributed by atoms with van der Waals surface area (Å²) in [4.78, 5) is 38.0. The Morgan fingerprint density at radius 2 is 0.594 bits per heavy atom. The monoisotopic (exact) mass is 905 g/mol. The van der Waals surface area contributed by atoms with Crippen LogP contribution in [-0.4, -0.2) is 37.2 Å². The van der Waals surface area contributed by atoms with Gasteiger partial charge in [-0.2, -0.15) is 0 Å². The van der Waals surface area contributed by atoms with Gasteiger partial charge in [0.05, 0.1) is 0 Å². The molecule has 0 saturated carbocycles. The lowest BCUT2D eigenvalue weighted by atomic mass is 9.99. The first kappa shape index (κ1) is 62.4. The lowest BCUT2D eigenvalue weighted by molar-refractivity contribution is -0.167. The molecule has 0 bridgehead atoms. The van der Waals surface area contributed by atoms with Crippen molar-refractivity contribution in [3.63, 3.8) is 0 Å². The van der Waals surface area contributed by atoms with Crippen molar-refractivity contribution in [1.29, 1.82) is 0 Å². The minimum atomic E-state index is -0.761. The Morgan fingerprint density at radius 1 is 0.328 bits per heavy atom. The van der Waals surface area contributed by atoms with Gasteiger partial charge in [-0.15, -0.1) is 0 Å². The summed E-state index contributed by atoms with van der Waals surface area (Å²) in [5.74, 6) is 0.900. The second kappa shape index (κ2) is 50.8. The first-order chi connectivity index (χ1) is 31.3. The Hall–Kier alpha value is -1.59. The Labute approximate surface area is 399 Å². The molecule has 6 heteroatoms. The van der Waals surface area contributed by atoms with Gasteiger partial charge in [-0.05, 0) is 31.1 Å². The Balaban J connectivity index is 4.15. The van der Waals surface area contributed by atoms with Crippen LogP contribution in [-0.2, 0) is 28.6 Å². The molecule has 0 heterocycles. The molecular formula is C58H112O6. The lowest BCUT2D eigenvalue weighted by Gasteiger charge is -2.18. The molecule has 0 amide bonds. The summed E-state index contributed by atoms with van der Waals surface area (Å²) in [6, 6.07) is 0. The molecule has 1 unspecified atom stereocenters. The van der Waals surface area contributed by atoms with Crippen molar-refractivity contribution in [3.05, 3.63) is 0 Å². The molecule has 0 aliphatic rings. The Kier molecular flexibility index (Phi) is 49.6. The molecule has 0 aliphatic heterocycles. The Morgan fingerprint density at radius 3 is 0.891 bits per heavy atom. The van der Waals surface area contributed by atoms with E-state index in [-0.39, 0.29) is 31.1 Å². The van der Waals surface area contributed by atoms with E-state index >= 15 is 0 Å². The van der Waals surface area contributed by atoms with Crippen molar-refractivity contribution in [2.75, 3.05) is 13.2 Å². The van der Waals surface area contributed by atoms with Gasteiger partial charge in [0.15, 0.2) is 6.10 Å². The minimum Gasteiger partial charge on any atom is -0.462 e. The molecule has 0 radical (unpaired) electrons. The molecule has 0 aromatic heterocycles. The van der Waals surface area contributed by atoms with Crippen molar-refractivity contribution in [2.45, 2.75) is 330 Å². The number of hydrogen-bond donors (Lipinski definition) is 0. The van der Waals surface area contributed by atoms with Crippen molar-refractivity contribution in [2.24, 2.45) is 11.8 Å². The van der Waals surface area contributed by atoms with Crippen molar-refractivity contribution < 1.29 is 28.6 Å². The van der Waals surface area contributed by atoms with Crippen LogP contribution in [0.15, 0.2) is 0 Å². The maximum absolute atomic E-state index is 12.8. The van der Waals surface area contributed by atoms with Crippen LogP contribution >= 0.6 is 0 Å². The van der Waals surface area contributed by atoms with Crippen molar-refractivity contribution >= 4 is 17.9 Å². The summed E-state index contributed by atoms with van der Waals surface area (Å²) in [5, 5.41) is 0. The van der Waals surface area contributed by atoms with Crippen molar-refractivity contribution in [3.8, 4) is 0 Å². The normalized spacial score (nSPS) is 12.5. The van der Waals surface area contributed by atoms with E-state index in [9.17, 15) is 14.4 Å². The molecule has 0 N–H and O–H groups in total. The van der Waals surface area contributed by atoms with Gasteiger partial charge in [0.2, 0.25) is 0 Å². The van der Waals surface area contributed by atoms with Crippen molar-refractivity contribution in [1.82, 2.24) is 0 Å². The third kappa shape index (κ3) is 49.8. The fourth-order valence-corrected chi connectivity index (χ4v) is 8.84. The predicted molar refractivity (Wildman–Crippen MR) is 275 cm³/mol. The van der Waals surface area contributed by atoms with Gasteiger partial charge in [0, 0.05) is 19.3 Å². The molecule has 0 aliphatic carbocycles. The van der Waals surface area contributed by atoms with Crippen LogP contribution < -0.4 is 0 Å². The highest BCUT2D eigenvalue weighted by atomic mass is 16.6. The summed E-state index contributed by atoms with van der Waals surface area (Å²) in [5.41, 5.74) is 0. The molecule has 0 rings (SSSR count). The highest BCUT2D eigenvalue weighted by molar-refractivity contribution is 5.71. The third-order valence-corrected chi connectivity index (χ3v) is 13.6. The summed E-state index contributed by atoms with van der Waals surface area (Å²) in [7, 11) is 0. The van der Waals surface area contributed by atoms with Gasteiger partial charge in [-0.1, -0.05) is 285 Å². The number of esters is 3. The number of unbranched alkanes of at least 4 members (excludes halogenated alkanes) is 36. The van der Waals surface area contributed by atoms with Crippen LogP contribution in [0.25, 0.3) is 0 Å². The molecule has 6 nitrogen and oxygen atoms in total. The molecule has 0 spiro atoms. The summed E-state index contributed by atoms with van der Waals surface area (Å²) < 4.78 is 16.8. The maximum atomic E-state index is 12.8. The van der Waals surface area contributed by atoms with Crippen LogP contribution in [0.5, 0.6) is 0 Å². The molecular weight excluding hydrogens is 793 g/mol. The average molecular weight is 906 g/mol. The summed E-state index contributed by atoms with van der Waals surface area (Å²) >= 11 is 0. The van der Waals surface area contributed by atoms with Crippen LogP contribution in [0.2, 0.25) is 0 Å². The van der Waals surface area contributed by atoms with Crippen LogP contribution in [0.3, 0.4) is 0 Å². The zero-order valence-corrected chi connectivity index (χ0v) is 43.9. The predicted octanol–water partition coefficient (Wildman–Crippen LogP) is 18.9. The number of carbonyl (C=O) groups is 3. The van der Waals surface area contributed by atoms with E-state index in [0.29, 0.717) is 19.3 Å². The van der Waals surface area contributed by atoms with E-state index < -0.39 is 6.10 Å². The van der Waals surface area contributed by atoms with Gasteiger partial charge >= 0.3 is 17.9 Å². The highest BCUT2D eigenvalue weighted by Crippen LogP contribution is 2.19. The second-order valence-electron chi connectivity index (χ2n) is 20.6. The topological polar surface area (TPSA) is 78.9 Å². The quantitative estimate of drug-likeness (QED) is 0.0344. The van der Waals surface area contributed by atoms with E-state index in [1.54, 1.807) is 0 Å². The average Bonchev–Trinajstić information content (AvgIpc) is 3.28. The van der Waals surface area contributed by atoms with Crippen LogP contribution in [0.4, 0.5) is 0 Å². The minimum absolute atomic E-state index is 0.0630. The Bertz CT molecular complexity index is 980. The van der Waals surface area contributed by atoms with Gasteiger partial charge in [-0.3, -0.25) is 14.4 Å². The van der Waals surface area contributed by atoms with E-state index in [1.165, 1.54) is 212 Å². The fraction of sp³-hybridized carbons (Fsp3) is 0.948. The van der Waals surface area contributed by atoms with E-state index in [2.05, 4.69) is 34.6 Å². The molecule has 0 aromatic carbocycles. The van der Waals surface area contributed by atoms with Gasteiger partial charge in [0.25, 0.3) is 0 Å². The lowest BCUT2D eigenvalue weighted by Crippen LogP contribution is -2.30. The van der Waals surface area contributed by atoms with E-state index in [0.717, 1.165) is 69.6 Å². The smallest absolute Gasteiger partial charge is 0.306 e. The van der Waals surface area contributed by atoms with E-state index in [4.69, 9.17) is 14.2 Å². The molecule has 0 saturated heterocycles. The third-order valence-electron chi connectivity index (χ3n) is 13.6. The summed E-state index contributed by atoms with van der Waals surface area (Å²) in [6.45, 7) is 11.4. The number of ether oxygens (including phenoxy) is 3. The molecule has 2 atom stereocenters. The van der Waals surface area contributed by atoms with E-state index in [1.807, 2.05) is 0 Å². The molecule has 0 fully saturated rings. The number of rotatable bonds is 52. The number of carbonyl (C=O) groups excluding carboxylic acids is 3. The summed E-state index contributed by atoms with van der Waals surface area (Å²) in [6.07, 6.45) is 53.8. The first-order valence-corrected chi connectivity index (χ1v) is 28.8. The fourth-order valence-electron chi connectivity index (χ4n) is 8.84. The highest BCUT2D eigenvalue weighted by Gasteiger charge is 2.19. The first-order valence-electron chi connectivity index (χ1n) is 28.8. The maximum Gasteiger partial charge on any atom is 0.306 e. The van der Waals surface area contributed by atoms with Gasteiger partial charge in [0.1, 0.15) is 13.2 Å². The number of hydrogen-bond acceptors (Lipinski definition) is 6. The zero-order chi connectivity index (χ0) is 46.8. The zero-order valence-electron chi connectivity index (χ0n) is 43.9. The molecule has 0 aromatic rings. The SMILES string of the molecule is CCCCCCCCCCCC(=O)O[C@@H](COC(=O)CCCCCCCCCCCCCCCCCCCCC(C)CC)COC(=O)CCCCCCCCCCCCCCC(C)C. The largest absolute Gasteiger partial charge is 0.462 e. The second-order valence-corrected chi connectivity index (χ2v) is 20.6. The van der Waals surface area contributed by atoms with Crippen LogP contribution in [0.1, 0.15) is 324 Å². The van der Waals surface area contributed by atoms with Crippen LogP contribution in [0, 0.1) is 11.8 Å².